The Balaban J connectivity index is 1.78. The van der Waals surface area contributed by atoms with Crippen molar-refractivity contribution in [3.63, 3.8) is 0 Å². The average Bonchev–Trinajstić information content (AvgIpc) is 2.37. The summed E-state index contributed by atoms with van der Waals surface area (Å²) in [6, 6.07) is 4.46. The molecule has 17 heavy (non-hydrogen) atoms. The summed E-state index contributed by atoms with van der Waals surface area (Å²) < 4.78 is 0. The summed E-state index contributed by atoms with van der Waals surface area (Å²) in [5, 5.41) is 13.2. The molecule has 1 aromatic rings. The molecule has 1 aromatic heterocycles. The van der Waals surface area contributed by atoms with E-state index in [2.05, 4.69) is 17.2 Å². The van der Waals surface area contributed by atoms with E-state index in [9.17, 15) is 5.11 Å². The van der Waals surface area contributed by atoms with Crippen molar-refractivity contribution in [1.82, 2.24) is 10.3 Å². The Morgan fingerprint density at radius 2 is 2.18 bits per heavy atom. The molecular formula is C14H22N2O. The summed E-state index contributed by atoms with van der Waals surface area (Å²) in [6.07, 6.45) is 7.93. The SMILES string of the molecule is CC(NCC1CCCC(O)C1)c1ccncc1. The van der Waals surface area contributed by atoms with Gasteiger partial charge in [0.1, 0.15) is 0 Å². The van der Waals surface area contributed by atoms with Gasteiger partial charge >= 0.3 is 0 Å². The maximum absolute atomic E-state index is 9.63. The highest BCUT2D eigenvalue weighted by molar-refractivity contribution is 5.13. The lowest BCUT2D eigenvalue weighted by molar-refractivity contribution is 0.0998. The van der Waals surface area contributed by atoms with Gasteiger partial charge in [-0.1, -0.05) is 6.42 Å². The molecule has 0 aliphatic heterocycles. The van der Waals surface area contributed by atoms with Crippen molar-refractivity contribution in [1.29, 1.82) is 0 Å². The quantitative estimate of drug-likeness (QED) is 0.840. The van der Waals surface area contributed by atoms with Gasteiger partial charge in [-0.05, 0) is 56.3 Å². The molecule has 0 bridgehead atoms. The molecule has 3 unspecified atom stereocenters. The number of rotatable bonds is 4. The summed E-state index contributed by atoms with van der Waals surface area (Å²) in [6.45, 7) is 3.18. The fourth-order valence-corrected chi connectivity index (χ4v) is 2.56. The molecule has 1 heterocycles. The monoisotopic (exact) mass is 234 g/mol. The molecule has 1 aliphatic carbocycles. The fourth-order valence-electron chi connectivity index (χ4n) is 2.56. The minimum absolute atomic E-state index is 0.0771. The van der Waals surface area contributed by atoms with Crippen LogP contribution in [0.5, 0.6) is 0 Å². The van der Waals surface area contributed by atoms with E-state index in [-0.39, 0.29) is 6.10 Å². The van der Waals surface area contributed by atoms with Gasteiger partial charge < -0.3 is 10.4 Å². The summed E-state index contributed by atoms with van der Waals surface area (Å²) >= 11 is 0. The van der Waals surface area contributed by atoms with Crippen LogP contribution >= 0.6 is 0 Å². The summed E-state index contributed by atoms with van der Waals surface area (Å²) in [5.41, 5.74) is 1.27. The van der Waals surface area contributed by atoms with Crippen LogP contribution in [0.1, 0.15) is 44.2 Å². The molecule has 1 aliphatic rings. The molecule has 94 valence electrons. The molecule has 0 saturated heterocycles. The lowest BCUT2D eigenvalue weighted by atomic mass is 9.87. The lowest BCUT2D eigenvalue weighted by Crippen LogP contribution is -2.30. The predicted molar refractivity (Wildman–Crippen MR) is 68.6 cm³/mol. The van der Waals surface area contributed by atoms with Crippen molar-refractivity contribution in [3.05, 3.63) is 30.1 Å². The highest BCUT2D eigenvalue weighted by atomic mass is 16.3. The zero-order valence-corrected chi connectivity index (χ0v) is 10.5. The fraction of sp³-hybridized carbons (Fsp3) is 0.643. The largest absolute Gasteiger partial charge is 0.393 e. The van der Waals surface area contributed by atoms with Crippen LogP contribution in [0, 0.1) is 5.92 Å². The van der Waals surface area contributed by atoms with Gasteiger partial charge in [-0.25, -0.2) is 0 Å². The van der Waals surface area contributed by atoms with Crippen molar-refractivity contribution >= 4 is 0 Å². The zero-order valence-electron chi connectivity index (χ0n) is 10.5. The number of aliphatic hydroxyl groups excluding tert-OH is 1. The molecule has 2 N–H and O–H groups in total. The van der Waals surface area contributed by atoms with Crippen LogP contribution in [0.4, 0.5) is 0 Å². The Kier molecular flexibility index (Phi) is 4.51. The summed E-state index contributed by atoms with van der Waals surface area (Å²) in [7, 11) is 0. The van der Waals surface area contributed by atoms with Crippen LogP contribution in [0.15, 0.2) is 24.5 Å². The van der Waals surface area contributed by atoms with Gasteiger partial charge in [0.15, 0.2) is 0 Å². The molecule has 3 nitrogen and oxygen atoms in total. The molecule has 1 fully saturated rings. The number of aliphatic hydroxyl groups is 1. The molecule has 0 aromatic carbocycles. The number of nitrogens with zero attached hydrogens (tertiary/aromatic N) is 1. The number of hydrogen-bond acceptors (Lipinski definition) is 3. The first-order valence-electron chi connectivity index (χ1n) is 6.57. The molecule has 0 radical (unpaired) electrons. The normalized spacial score (nSPS) is 26.7. The van der Waals surface area contributed by atoms with Crippen LogP contribution in [0.2, 0.25) is 0 Å². The maximum Gasteiger partial charge on any atom is 0.0543 e. The van der Waals surface area contributed by atoms with Crippen molar-refractivity contribution in [3.8, 4) is 0 Å². The first-order chi connectivity index (χ1) is 8.25. The van der Waals surface area contributed by atoms with E-state index in [0.29, 0.717) is 12.0 Å². The van der Waals surface area contributed by atoms with E-state index in [0.717, 1.165) is 25.8 Å². The van der Waals surface area contributed by atoms with E-state index < -0.39 is 0 Å². The molecule has 0 amide bonds. The van der Waals surface area contributed by atoms with Gasteiger partial charge in [-0.15, -0.1) is 0 Å². The molecule has 1 saturated carbocycles. The molecule has 3 heteroatoms. The van der Waals surface area contributed by atoms with Gasteiger partial charge in [0, 0.05) is 18.4 Å². The molecule has 3 atom stereocenters. The molecule has 2 rings (SSSR count). The van der Waals surface area contributed by atoms with Crippen LogP contribution in [0.3, 0.4) is 0 Å². The van der Waals surface area contributed by atoms with E-state index in [4.69, 9.17) is 0 Å². The predicted octanol–water partition coefficient (Wildman–Crippen LogP) is 2.28. The van der Waals surface area contributed by atoms with Crippen molar-refractivity contribution < 1.29 is 5.11 Å². The number of nitrogens with one attached hydrogen (secondary N) is 1. The van der Waals surface area contributed by atoms with E-state index in [1.54, 1.807) is 0 Å². The van der Waals surface area contributed by atoms with Crippen molar-refractivity contribution in [2.75, 3.05) is 6.54 Å². The first kappa shape index (κ1) is 12.5. The van der Waals surface area contributed by atoms with Gasteiger partial charge in [-0.3, -0.25) is 4.98 Å². The average molecular weight is 234 g/mol. The Morgan fingerprint density at radius 3 is 2.88 bits per heavy atom. The molecule has 0 spiro atoms. The van der Waals surface area contributed by atoms with E-state index in [1.165, 1.54) is 12.0 Å². The van der Waals surface area contributed by atoms with Gasteiger partial charge in [-0.2, -0.15) is 0 Å². The second kappa shape index (κ2) is 6.12. The summed E-state index contributed by atoms with van der Waals surface area (Å²) in [4.78, 5) is 4.03. The van der Waals surface area contributed by atoms with Gasteiger partial charge in [0.2, 0.25) is 0 Å². The second-order valence-electron chi connectivity index (χ2n) is 5.10. The highest BCUT2D eigenvalue weighted by Crippen LogP contribution is 2.24. The maximum atomic E-state index is 9.63. The third kappa shape index (κ3) is 3.79. The van der Waals surface area contributed by atoms with Crippen LogP contribution in [-0.2, 0) is 0 Å². The van der Waals surface area contributed by atoms with Gasteiger partial charge in [0.25, 0.3) is 0 Å². The second-order valence-corrected chi connectivity index (χ2v) is 5.10. The van der Waals surface area contributed by atoms with Crippen LogP contribution < -0.4 is 5.32 Å². The van der Waals surface area contributed by atoms with Crippen molar-refractivity contribution in [2.24, 2.45) is 5.92 Å². The number of hydrogen-bond donors (Lipinski definition) is 2. The van der Waals surface area contributed by atoms with Gasteiger partial charge in [0.05, 0.1) is 6.10 Å². The number of pyridine rings is 1. The Morgan fingerprint density at radius 1 is 1.41 bits per heavy atom. The smallest absolute Gasteiger partial charge is 0.0543 e. The third-order valence-corrected chi connectivity index (χ3v) is 3.67. The summed E-state index contributed by atoms with van der Waals surface area (Å²) in [5.74, 6) is 0.628. The Bertz CT molecular complexity index is 328. The Hall–Kier alpha value is -0.930. The Labute approximate surface area is 103 Å². The zero-order chi connectivity index (χ0) is 12.1. The van der Waals surface area contributed by atoms with Crippen molar-refractivity contribution in [2.45, 2.75) is 44.8 Å². The van der Waals surface area contributed by atoms with E-state index in [1.807, 2.05) is 24.5 Å². The lowest BCUT2D eigenvalue weighted by Gasteiger charge is -2.27. The van der Waals surface area contributed by atoms with E-state index >= 15 is 0 Å². The third-order valence-electron chi connectivity index (χ3n) is 3.67. The number of aromatic nitrogens is 1. The minimum atomic E-state index is -0.0771. The molecular weight excluding hydrogens is 212 g/mol. The van der Waals surface area contributed by atoms with Crippen LogP contribution in [0.25, 0.3) is 0 Å². The minimum Gasteiger partial charge on any atom is -0.393 e. The highest BCUT2D eigenvalue weighted by Gasteiger charge is 2.20. The first-order valence-corrected chi connectivity index (χ1v) is 6.57. The topological polar surface area (TPSA) is 45.1 Å². The standard InChI is InChI=1S/C14H22N2O/c1-11(13-5-7-15-8-6-13)16-10-12-3-2-4-14(17)9-12/h5-8,11-12,14,16-17H,2-4,9-10H2,1H3. The van der Waals surface area contributed by atoms with Crippen LogP contribution in [-0.4, -0.2) is 22.7 Å².